The second kappa shape index (κ2) is 6.91. The molecule has 2 heterocycles. The zero-order valence-corrected chi connectivity index (χ0v) is 13.0. The van der Waals surface area contributed by atoms with Crippen LogP contribution < -0.4 is 0 Å². The number of hydrogen-bond acceptors (Lipinski definition) is 3. The molecule has 6 heteroatoms. The van der Waals surface area contributed by atoms with Gasteiger partial charge in [0.1, 0.15) is 0 Å². The van der Waals surface area contributed by atoms with E-state index in [1.165, 1.54) is 0 Å². The second-order valence-electron chi connectivity index (χ2n) is 5.15. The molecule has 0 saturated heterocycles. The molecular weight excluding hydrogens is 290 g/mol. The highest BCUT2D eigenvalue weighted by Gasteiger charge is 2.14. The molecule has 0 atom stereocenters. The predicted octanol–water partition coefficient (Wildman–Crippen LogP) is 2.23. The van der Waals surface area contributed by atoms with Crippen LogP contribution in [0.1, 0.15) is 17.3 Å². The standard InChI is InChI=1S/C17H19N5O/c1-2-20(12-13-21-10-4-8-18-21)17(23)15-6-3-7-16(14-15)22-11-5-9-19-22/h3-11,14H,2,12-13H2,1H3. The topological polar surface area (TPSA) is 56.0 Å². The Morgan fingerprint density at radius 2 is 1.96 bits per heavy atom. The molecule has 2 aromatic heterocycles. The summed E-state index contributed by atoms with van der Waals surface area (Å²) >= 11 is 0. The van der Waals surface area contributed by atoms with Gasteiger partial charge in [0.25, 0.3) is 5.91 Å². The highest BCUT2D eigenvalue weighted by Crippen LogP contribution is 2.12. The molecule has 0 aliphatic carbocycles. The van der Waals surface area contributed by atoms with E-state index in [0.717, 1.165) is 5.69 Å². The highest BCUT2D eigenvalue weighted by molar-refractivity contribution is 5.94. The number of hydrogen-bond donors (Lipinski definition) is 0. The fourth-order valence-corrected chi connectivity index (χ4v) is 2.44. The Morgan fingerprint density at radius 1 is 1.13 bits per heavy atom. The van der Waals surface area contributed by atoms with Gasteiger partial charge in [-0.3, -0.25) is 9.48 Å². The summed E-state index contributed by atoms with van der Waals surface area (Å²) < 4.78 is 3.58. The number of nitrogens with zero attached hydrogens (tertiary/aromatic N) is 5. The van der Waals surface area contributed by atoms with E-state index in [2.05, 4.69) is 10.2 Å². The summed E-state index contributed by atoms with van der Waals surface area (Å²) in [5.41, 5.74) is 1.55. The summed E-state index contributed by atoms with van der Waals surface area (Å²) in [5.74, 6) is 0.0219. The van der Waals surface area contributed by atoms with Crippen molar-refractivity contribution in [2.45, 2.75) is 13.5 Å². The van der Waals surface area contributed by atoms with Crippen molar-refractivity contribution in [3.63, 3.8) is 0 Å². The van der Waals surface area contributed by atoms with Gasteiger partial charge < -0.3 is 4.90 Å². The van der Waals surface area contributed by atoms with Gasteiger partial charge in [0.05, 0.1) is 12.2 Å². The molecule has 3 rings (SSSR count). The van der Waals surface area contributed by atoms with Gasteiger partial charge >= 0.3 is 0 Å². The van der Waals surface area contributed by atoms with Gasteiger partial charge in [-0.15, -0.1) is 0 Å². The fraction of sp³-hybridized carbons (Fsp3) is 0.235. The van der Waals surface area contributed by atoms with Crippen LogP contribution in [0.3, 0.4) is 0 Å². The van der Waals surface area contributed by atoms with Crippen molar-refractivity contribution in [1.29, 1.82) is 0 Å². The molecule has 0 bridgehead atoms. The molecule has 0 N–H and O–H groups in total. The maximum Gasteiger partial charge on any atom is 0.253 e. The van der Waals surface area contributed by atoms with Gasteiger partial charge in [0.15, 0.2) is 0 Å². The van der Waals surface area contributed by atoms with Gasteiger partial charge in [-0.25, -0.2) is 4.68 Å². The third-order valence-electron chi connectivity index (χ3n) is 3.69. The molecule has 0 fully saturated rings. The minimum Gasteiger partial charge on any atom is -0.337 e. The van der Waals surface area contributed by atoms with Crippen molar-refractivity contribution >= 4 is 5.91 Å². The van der Waals surface area contributed by atoms with Crippen molar-refractivity contribution in [3.05, 3.63) is 66.7 Å². The number of carbonyl (C=O) groups excluding carboxylic acids is 1. The van der Waals surface area contributed by atoms with Crippen molar-refractivity contribution in [2.24, 2.45) is 0 Å². The Morgan fingerprint density at radius 3 is 2.65 bits per heavy atom. The van der Waals surface area contributed by atoms with E-state index in [-0.39, 0.29) is 5.91 Å². The molecule has 0 spiro atoms. The van der Waals surface area contributed by atoms with E-state index in [9.17, 15) is 4.79 Å². The van der Waals surface area contributed by atoms with Crippen LogP contribution in [-0.4, -0.2) is 43.5 Å². The SMILES string of the molecule is CCN(CCn1cccn1)C(=O)c1cccc(-n2cccn2)c1. The summed E-state index contributed by atoms with van der Waals surface area (Å²) in [5, 5.41) is 8.37. The monoisotopic (exact) mass is 309 g/mol. The predicted molar refractivity (Wildman–Crippen MR) is 87.4 cm³/mol. The van der Waals surface area contributed by atoms with Crippen LogP contribution in [-0.2, 0) is 6.54 Å². The summed E-state index contributed by atoms with van der Waals surface area (Å²) in [7, 11) is 0. The van der Waals surface area contributed by atoms with Gasteiger partial charge in [0, 0.05) is 43.4 Å². The first-order valence-corrected chi connectivity index (χ1v) is 7.64. The largest absolute Gasteiger partial charge is 0.337 e. The number of benzene rings is 1. The van der Waals surface area contributed by atoms with Gasteiger partial charge in [-0.2, -0.15) is 10.2 Å². The third kappa shape index (κ3) is 3.48. The fourth-order valence-electron chi connectivity index (χ4n) is 2.44. The summed E-state index contributed by atoms with van der Waals surface area (Å²) in [6, 6.07) is 11.3. The summed E-state index contributed by atoms with van der Waals surface area (Å²) in [6.45, 7) is 3.96. The Labute approximate surface area is 135 Å². The van der Waals surface area contributed by atoms with E-state index in [4.69, 9.17) is 0 Å². The molecule has 118 valence electrons. The maximum atomic E-state index is 12.7. The smallest absolute Gasteiger partial charge is 0.253 e. The number of carbonyl (C=O) groups is 1. The highest BCUT2D eigenvalue weighted by atomic mass is 16.2. The first-order valence-electron chi connectivity index (χ1n) is 7.64. The van der Waals surface area contributed by atoms with Gasteiger partial charge in [-0.05, 0) is 37.3 Å². The molecule has 0 aliphatic heterocycles. The quantitative estimate of drug-likeness (QED) is 0.701. The van der Waals surface area contributed by atoms with Crippen molar-refractivity contribution in [3.8, 4) is 5.69 Å². The molecule has 23 heavy (non-hydrogen) atoms. The number of aromatic nitrogens is 4. The molecule has 1 amide bonds. The second-order valence-corrected chi connectivity index (χ2v) is 5.15. The minimum atomic E-state index is 0.0219. The number of amides is 1. The normalized spacial score (nSPS) is 10.7. The Balaban J connectivity index is 1.74. The average Bonchev–Trinajstić information content (AvgIpc) is 3.29. The molecule has 0 saturated carbocycles. The first-order chi connectivity index (χ1) is 11.3. The molecule has 0 aliphatic rings. The molecule has 0 radical (unpaired) electrons. The molecule has 0 unspecified atom stereocenters. The number of rotatable bonds is 6. The lowest BCUT2D eigenvalue weighted by molar-refractivity contribution is 0.0757. The van der Waals surface area contributed by atoms with E-state index >= 15 is 0 Å². The Bertz CT molecular complexity index is 749. The van der Waals surface area contributed by atoms with Gasteiger partial charge in [0.2, 0.25) is 0 Å². The third-order valence-corrected chi connectivity index (χ3v) is 3.69. The molecule has 1 aromatic carbocycles. The van der Waals surface area contributed by atoms with Gasteiger partial charge in [-0.1, -0.05) is 6.07 Å². The van der Waals surface area contributed by atoms with Crippen LogP contribution >= 0.6 is 0 Å². The summed E-state index contributed by atoms with van der Waals surface area (Å²) in [4.78, 5) is 14.5. The van der Waals surface area contributed by atoms with Crippen LogP contribution in [0.2, 0.25) is 0 Å². The number of likely N-dealkylation sites (N-methyl/N-ethyl adjacent to an activating group) is 1. The van der Waals surface area contributed by atoms with E-state index in [0.29, 0.717) is 25.2 Å². The molecular formula is C17H19N5O. The molecule has 6 nitrogen and oxygen atoms in total. The van der Waals surface area contributed by atoms with E-state index in [1.807, 2.05) is 65.3 Å². The average molecular weight is 309 g/mol. The lowest BCUT2D eigenvalue weighted by Crippen LogP contribution is -2.33. The Hall–Kier alpha value is -2.89. The minimum absolute atomic E-state index is 0.0219. The van der Waals surface area contributed by atoms with Crippen molar-refractivity contribution < 1.29 is 4.79 Å². The van der Waals surface area contributed by atoms with Crippen LogP contribution in [0.25, 0.3) is 5.69 Å². The van der Waals surface area contributed by atoms with Crippen molar-refractivity contribution in [1.82, 2.24) is 24.5 Å². The Kier molecular flexibility index (Phi) is 4.52. The lowest BCUT2D eigenvalue weighted by Gasteiger charge is -2.21. The van der Waals surface area contributed by atoms with Crippen LogP contribution in [0.5, 0.6) is 0 Å². The first kappa shape index (κ1) is 15.0. The van der Waals surface area contributed by atoms with Crippen molar-refractivity contribution in [2.75, 3.05) is 13.1 Å². The zero-order valence-electron chi connectivity index (χ0n) is 13.0. The van der Waals surface area contributed by atoms with Crippen LogP contribution in [0.15, 0.2) is 61.2 Å². The van der Waals surface area contributed by atoms with E-state index < -0.39 is 0 Å². The van der Waals surface area contributed by atoms with Crippen LogP contribution in [0, 0.1) is 0 Å². The maximum absolute atomic E-state index is 12.7. The summed E-state index contributed by atoms with van der Waals surface area (Å²) in [6.07, 6.45) is 7.22. The lowest BCUT2D eigenvalue weighted by atomic mass is 10.1. The molecule has 3 aromatic rings. The zero-order chi connectivity index (χ0) is 16.1. The van der Waals surface area contributed by atoms with E-state index in [1.54, 1.807) is 17.1 Å². The van der Waals surface area contributed by atoms with Crippen LogP contribution in [0.4, 0.5) is 0 Å².